The predicted octanol–water partition coefficient (Wildman–Crippen LogP) is 0.366. The van der Waals surface area contributed by atoms with Crippen LogP contribution in [0.25, 0.3) is 0 Å². The molecule has 0 aromatic carbocycles. The van der Waals surface area contributed by atoms with Gasteiger partial charge in [0, 0.05) is 32.5 Å². The number of hydrogen-bond donors (Lipinski definition) is 3. The number of Topliss-reactive ketones (excluding diaryl/α,β-unsaturated/α-hetero) is 1. The van der Waals surface area contributed by atoms with Gasteiger partial charge < -0.3 is 5.32 Å². The van der Waals surface area contributed by atoms with Gasteiger partial charge in [0.1, 0.15) is 5.78 Å². The molecule has 0 unspecified atom stereocenters. The van der Waals surface area contributed by atoms with Crippen LogP contribution in [0, 0.1) is 0 Å². The summed E-state index contributed by atoms with van der Waals surface area (Å²) in [6.07, 6.45) is 3.08. The first-order valence-corrected chi connectivity index (χ1v) is 5.88. The SMILES string of the molecule is CCCCNC(=O)CCNNCCC(C)=O. The second kappa shape index (κ2) is 10.6. The molecule has 0 saturated carbocycles. The van der Waals surface area contributed by atoms with Gasteiger partial charge in [-0.3, -0.25) is 20.4 Å². The number of nitrogens with one attached hydrogen (secondary N) is 3. The first-order chi connectivity index (χ1) is 7.66. The lowest BCUT2D eigenvalue weighted by Crippen LogP contribution is -2.36. The van der Waals surface area contributed by atoms with E-state index in [4.69, 9.17) is 0 Å². The van der Waals surface area contributed by atoms with Gasteiger partial charge >= 0.3 is 0 Å². The zero-order chi connectivity index (χ0) is 12.2. The molecule has 0 radical (unpaired) electrons. The molecule has 5 nitrogen and oxygen atoms in total. The maximum absolute atomic E-state index is 11.2. The Balaban J connectivity index is 3.18. The van der Waals surface area contributed by atoms with Crippen molar-refractivity contribution in [2.24, 2.45) is 0 Å². The Morgan fingerprint density at radius 1 is 1.00 bits per heavy atom. The lowest BCUT2D eigenvalue weighted by molar-refractivity contribution is -0.121. The van der Waals surface area contributed by atoms with Crippen molar-refractivity contribution in [2.75, 3.05) is 19.6 Å². The molecule has 0 bridgehead atoms. The third kappa shape index (κ3) is 11.1. The van der Waals surface area contributed by atoms with Gasteiger partial charge in [0.2, 0.25) is 5.91 Å². The van der Waals surface area contributed by atoms with Crippen molar-refractivity contribution >= 4 is 11.7 Å². The Morgan fingerprint density at radius 2 is 1.62 bits per heavy atom. The highest BCUT2D eigenvalue weighted by Gasteiger charge is 1.99. The van der Waals surface area contributed by atoms with E-state index >= 15 is 0 Å². The average Bonchev–Trinajstić information content (AvgIpc) is 2.23. The molecular weight excluding hydrogens is 206 g/mol. The molecule has 0 saturated heterocycles. The molecule has 0 fully saturated rings. The number of rotatable bonds is 10. The largest absolute Gasteiger partial charge is 0.356 e. The van der Waals surface area contributed by atoms with E-state index in [2.05, 4.69) is 23.1 Å². The normalized spacial score (nSPS) is 10.1. The molecule has 0 aliphatic rings. The number of hydrazine groups is 1. The number of hydrogen-bond acceptors (Lipinski definition) is 4. The topological polar surface area (TPSA) is 70.2 Å². The number of amides is 1. The number of carbonyl (C=O) groups excluding carboxylic acids is 2. The minimum absolute atomic E-state index is 0.0642. The Hall–Kier alpha value is -0.940. The van der Waals surface area contributed by atoms with E-state index in [1.54, 1.807) is 6.92 Å². The summed E-state index contributed by atoms with van der Waals surface area (Å²) in [5.74, 6) is 0.223. The molecule has 16 heavy (non-hydrogen) atoms. The van der Waals surface area contributed by atoms with Crippen molar-refractivity contribution in [1.29, 1.82) is 0 Å². The molecule has 0 aliphatic carbocycles. The van der Waals surface area contributed by atoms with E-state index in [9.17, 15) is 9.59 Å². The number of ketones is 1. The predicted molar refractivity (Wildman–Crippen MR) is 63.8 cm³/mol. The lowest BCUT2D eigenvalue weighted by Gasteiger charge is -2.06. The van der Waals surface area contributed by atoms with Crippen molar-refractivity contribution in [3.8, 4) is 0 Å². The van der Waals surface area contributed by atoms with E-state index in [-0.39, 0.29) is 11.7 Å². The monoisotopic (exact) mass is 229 g/mol. The molecule has 0 aromatic heterocycles. The maximum Gasteiger partial charge on any atom is 0.221 e. The van der Waals surface area contributed by atoms with Gasteiger partial charge in [-0.05, 0) is 13.3 Å². The molecule has 94 valence electrons. The molecule has 0 rings (SSSR count). The summed E-state index contributed by atoms with van der Waals surface area (Å²) in [7, 11) is 0. The zero-order valence-corrected chi connectivity index (χ0v) is 10.3. The highest BCUT2D eigenvalue weighted by molar-refractivity contribution is 5.76. The van der Waals surface area contributed by atoms with Gasteiger partial charge in [-0.25, -0.2) is 0 Å². The van der Waals surface area contributed by atoms with Crippen LogP contribution in [0.4, 0.5) is 0 Å². The summed E-state index contributed by atoms with van der Waals surface area (Å²) in [6, 6.07) is 0. The van der Waals surface area contributed by atoms with Gasteiger partial charge in [-0.1, -0.05) is 13.3 Å². The molecule has 0 spiro atoms. The fourth-order valence-electron chi connectivity index (χ4n) is 1.08. The average molecular weight is 229 g/mol. The van der Waals surface area contributed by atoms with Crippen LogP contribution in [-0.2, 0) is 9.59 Å². The molecular formula is C11H23N3O2. The van der Waals surface area contributed by atoms with Crippen LogP contribution in [0.15, 0.2) is 0 Å². The van der Waals surface area contributed by atoms with Crippen molar-refractivity contribution < 1.29 is 9.59 Å². The molecule has 1 amide bonds. The zero-order valence-electron chi connectivity index (χ0n) is 10.3. The second-order valence-corrected chi connectivity index (χ2v) is 3.76. The van der Waals surface area contributed by atoms with Crippen LogP contribution in [0.1, 0.15) is 39.5 Å². The summed E-state index contributed by atoms with van der Waals surface area (Å²) < 4.78 is 0. The van der Waals surface area contributed by atoms with E-state index < -0.39 is 0 Å². The smallest absolute Gasteiger partial charge is 0.221 e. The van der Waals surface area contributed by atoms with Crippen LogP contribution >= 0.6 is 0 Å². The first-order valence-electron chi connectivity index (χ1n) is 5.88. The molecule has 0 atom stereocenters. The van der Waals surface area contributed by atoms with Crippen molar-refractivity contribution in [3.63, 3.8) is 0 Å². The maximum atomic E-state index is 11.2. The van der Waals surface area contributed by atoms with Crippen LogP contribution in [0.5, 0.6) is 0 Å². The number of carbonyl (C=O) groups is 2. The van der Waals surface area contributed by atoms with E-state index in [0.29, 0.717) is 25.9 Å². The Morgan fingerprint density at radius 3 is 2.19 bits per heavy atom. The van der Waals surface area contributed by atoms with E-state index in [1.807, 2.05) is 0 Å². The Bertz CT molecular complexity index is 207. The van der Waals surface area contributed by atoms with Crippen molar-refractivity contribution in [2.45, 2.75) is 39.5 Å². The minimum atomic E-state index is 0.0642. The van der Waals surface area contributed by atoms with E-state index in [1.165, 1.54) is 0 Å². The highest BCUT2D eigenvalue weighted by Crippen LogP contribution is 1.84. The summed E-state index contributed by atoms with van der Waals surface area (Å²) >= 11 is 0. The lowest BCUT2D eigenvalue weighted by atomic mass is 10.3. The Labute approximate surface area is 97.3 Å². The molecule has 0 aromatic rings. The van der Waals surface area contributed by atoms with Gasteiger partial charge in [0.15, 0.2) is 0 Å². The Kier molecular flexibility index (Phi) is 9.95. The van der Waals surface area contributed by atoms with Crippen molar-refractivity contribution in [1.82, 2.24) is 16.2 Å². The van der Waals surface area contributed by atoms with E-state index in [0.717, 1.165) is 19.4 Å². The standard InChI is InChI=1S/C11H23N3O2/c1-3-4-7-12-11(16)6-9-14-13-8-5-10(2)15/h13-14H,3-9H2,1-2H3,(H,12,16). The summed E-state index contributed by atoms with van der Waals surface area (Å²) in [5, 5.41) is 2.83. The quantitative estimate of drug-likeness (QED) is 0.374. The highest BCUT2D eigenvalue weighted by atomic mass is 16.1. The van der Waals surface area contributed by atoms with Crippen LogP contribution in [0.2, 0.25) is 0 Å². The van der Waals surface area contributed by atoms with Gasteiger partial charge in [-0.15, -0.1) is 0 Å². The summed E-state index contributed by atoms with van der Waals surface area (Å²) in [6.45, 7) is 5.59. The first kappa shape index (κ1) is 15.1. The molecule has 5 heteroatoms. The number of unbranched alkanes of at least 4 members (excludes halogenated alkanes) is 1. The third-order valence-electron chi connectivity index (χ3n) is 2.06. The van der Waals surface area contributed by atoms with Crippen LogP contribution in [0.3, 0.4) is 0 Å². The fraction of sp³-hybridized carbons (Fsp3) is 0.818. The fourth-order valence-corrected chi connectivity index (χ4v) is 1.08. The van der Waals surface area contributed by atoms with Crippen molar-refractivity contribution in [3.05, 3.63) is 0 Å². The summed E-state index contributed by atoms with van der Waals surface area (Å²) in [5.41, 5.74) is 5.79. The molecule has 3 N–H and O–H groups in total. The third-order valence-corrected chi connectivity index (χ3v) is 2.06. The van der Waals surface area contributed by atoms with Gasteiger partial charge in [0.05, 0.1) is 0 Å². The van der Waals surface area contributed by atoms with Crippen LogP contribution in [-0.4, -0.2) is 31.3 Å². The molecule has 0 aliphatic heterocycles. The molecule has 0 heterocycles. The van der Waals surface area contributed by atoms with Crippen LogP contribution < -0.4 is 16.2 Å². The van der Waals surface area contributed by atoms with Gasteiger partial charge in [0.25, 0.3) is 0 Å². The van der Waals surface area contributed by atoms with Gasteiger partial charge in [-0.2, -0.15) is 0 Å². The summed E-state index contributed by atoms with van der Waals surface area (Å²) in [4.78, 5) is 21.8. The minimum Gasteiger partial charge on any atom is -0.356 e. The second-order valence-electron chi connectivity index (χ2n) is 3.76.